The maximum atomic E-state index is 11.9. The lowest BCUT2D eigenvalue weighted by molar-refractivity contribution is 0.729. The minimum atomic E-state index is 0.0157. The second-order valence-electron chi connectivity index (χ2n) is 4.38. The summed E-state index contributed by atoms with van der Waals surface area (Å²) in [6.45, 7) is 0.614. The molecule has 0 atom stereocenters. The van der Waals surface area contributed by atoms with Gasteiger partial charge >= 0.3 is 5.69 Å². The van der Waals surface area contributed by atoms with Crippen LogP contribution in [0.3, 0.4) is 0 Å². The van der Waals surface area contributed by atoms with E-state index in [1.165, 1.54) is 5.56 Å². The summed E-state index contributed by atoms with van der Waals surface area (Å²) in [4.78, 5) is 14.8. The quantitative estimate of drug-likeness (QED) is 0.810. The number of nitrogens with one attached hydrogen (secondary N) is 1. The van der Waals surface area contributed by atoms with E-state index in [0.29, 0.717) is 12.6 Å². The van der Waals surface area contributed by atoms with Crippen LogP contribution in [0.25, 0.3) is 11.0 Å². The van der Waals surface area contributed by atoms with Crippen LogP contribution in [0.5, 0.6) is 0 Å². The van der Waals surface area contributed by atoms with Crippen LogP contribution in [0.2, 0.25) is 0 Å². The number of rotatable bonds is 3. The first kappa shape index (κ1) is 9.66. The van der Waals surface area contributed by atoms with Crippen molar-refractivity contribution in [3.63, 3.8) is 0 Å². The monoisotopic (exact) mass is 217 g/mol. The van der Waals surface area contributed by atoms with Crippen molar-refractivity contribution in [2.24, 2.45) is 5.73 Å². The molecular weight excluding hydrogens is 202 g/mol. The van der Waals surface area contributed by atoms with Gasteiger partial charge in [0.1, 0.15) is 0 Å². The van der Waals surface area contributed by atoms with E-state index in [-0.39, 0.29) is 5.69 Å². The summed E-state index contributed by atoms with van der Waals surface area (Å²) in [7, 11) is 0. The maximum Gasteiger partial charge on any atom is 0.326 e. The first-order valence-electron chi connectivity index (χ1n) is 5.73. The van der Waals surface area contributed by atoms with Crippen molar-refractivity contribution in [2.45, 2.75) is 25.3 Å². The number of fused-ring (bicyclic) bond motifs is 1. The number of hydrogen-bond acceptors (Lipinski definition) is 2. The van der Waals surface area contributed by atoms with Gasteiger partial charge in [-0.3, -0.25) is 4.57 Å². The van der Waals surface area contributed by atoms with E-state index in [4.69, 9.17) is 5.73 Å². The molecule has 3 rings (SSSR count). The predicted molar refractivity (Wildman–Crippen MR) is 63.6 cm³/mol. The minimum absolute atomic E-state index is 0.0157. The highest BCUT2D eigenvalue weighted by Gasteiger charge is 2.27. The highest BCUT2D eigenvalue weighted by atomic mass is 16.1. The Bertz CT molecular complexity index is 577. The van der Waals surface area contributed by atoms with Gasteiger partial charge in [0, 0.05) is 6.04 Å². The lowest BCUT2D eigenvalue weighted by Crippen LogP contribution is -2.16. The molecular formula is C12H15N3O. The van der Waals surface area contributed by atoms with Crippen molar-refractivity contribution < 1.29 is 0 Å². The summed E-state index contributed by atoms with van der Waals surface area (Å²) in [5, 5.41) is 0. The van der Waals surface area contributed by atoms with Crippen LogP contribution in [-0.4, -0.2) is 16.1 Å². The molecule has 0 bridgehead atoms. The topological polar surface area (TPSA) is 63.8 Å². The number of hydrogen-bond donors (Lipinski definition) is 2. The lowest BCUT2D eigenvalue weighted by Gasteiger charge is -2.05. The molecule has 0 saturated heterocycles. The second kappa shape index (κ2) is 3.49. The molecule has 0 spiro atoms. The number of aromatic nitrogens is 2. The van der Waals surface area contributed by atoms with Crippen molar-refractivity contribution in [1.82, 2.24) is 9.55 Å². The number of aromatic amines is 1. The summed E-state index contributed by atoms with van der Waals surface area (Å²) in [6.07, 6.45) is 3.05. The molecule has 1 fully saturated rings. The average molecular weight is 217 g/mol. The Morgan fingerprint density at radius 3 is 2.94 bits per heavy atom. The van der Waals surface area contributed by atoms with Gasteiger partial charge in [-0.2, -0.15) is 0 Å². The van der Waals surface area contributed by atoms with Crippen LogP contribution < -0.4 is 11.4 Å². The standard InChI is InChI=1S/C12H15N3O/c13-7-6-8-2-1-3-10-11(8)15(9-4-5-9)12(16)14-10/h1-3,9H,4-7,13H2,(H,14,16). The predicted octanol–water partition coefficient (Wildman–Crippen LogP) is 1.17. The zero-order valence-electron chi connectivity index (χ0n) is 9.07. The molecule has 1 heterocycles. The summed E-state index contributed by atoms with van der Waals surface area (Å²) in [5.74, 6) is 0. The molecule has 84 valence electrons. The maximum absolute atomic E-state index is 11.9. The number of benzene rings is 1. The minimum Gasteiger partial charge on any atom is -0.330 e. The normalized spacial score (nSPS) is 15.8. The Kier molecular flexibility index (Phi) is 2.11. The van der Waals surface area contributed by atoms with Crippen molar-refractivity contribution in [3.05, 3.63) is 34.2 Å². The smallest absolute Gasteiger partial charge is 0.326 e. The van der Waals surface area contributed by atoms with E-state index in [9.17, 15) is 4.79 Å². The molecule has 0 amide bonds. The Hall–Kier alpha value is -1.55. The molecule has 1 aliphatic rings. The fourth-order valence-electron chi connectivity index (χ4n) is 2.29. The third-order valence-corrected chi connectivity index (χ3v) is 3.15. The zero-order valence-corrected chi connectivity index (χ0v) is 9.07. The molecule has 2 aromatic rings. The van der Waals surface area contributed by atoms with Gasteiger partial charge in [0.15, 0.2) is 0 Å². The van der Waals surface area contributed by atoms with Crippen molar-refractivity contribution in [2.75, 3.05) is 6.54 Å². The van der Waals surface area contributed by atoms with Crippen LogP contribution in [0, 0.1) is 0 Å². The van der Waals surface area contributed by atoms with Crippen molar-refractivity contribution in [1.29, 1.82) is 0 Å². The van der Waals surface area contributed by atoms with Gasteiger partial charge in [-0.1, -0.05) is 12.1 Å². The van der Waals surface area contributed by atoms with Crippen molar-refractivity contribution >= 4 is 11.0 Å². The van der Waals surface area contributed by atoms with Crippen molar-refractivity contribution in [3.8, 4) is 0 Å². The molecule has 0 aliphatic heterocycles. The van der Waals surface area contributed by atoms with Gasteiger partial charge < -0.3 is 10.7 Å². The highest BCUT2D eigenvalue weighted by molar-refractivity contribution is 5.79. The fraction of sp³-hybridized carbons (Fsp3) is 0.417. The van der Waals surface area contributed by atoms with E-state index < -0.39 is 0 Å². The summed E-state index contributed by atoms with van der Waals surface area (Å²) < 4.78 is 1.90. The SMILES string of the molecule is NCCc1cccc2[nH]c(=O)n(C3CC3)c12. The van der Waals surface area contributed by atoms with Gasteiger partial charge in [-0.15, -0.1) is 0 Å². The number of nitrogens with zero attached hydrogens (tertiary/aromatic N) is 1. The third-order valence-electron chi connectivity index (χ3n) is 3.15. The van der Waals surface area contributed by atoms with Crippen LogP contribution >= 0.6 is 0 Å². The number of H-pyrrole nitrogens is 1. The molecule has 1 saturated carbocycles. The van der Waals surface area contributed by atoms with Gasteiger partial charge in [0.2, 0.25) is 0 Å². The summed E-state index contributed by atoms with van der Waals surface area (Å²) >= 11 is 0. The zero-order chi connectivity index (χ0) is 11.1. The molecule has 1 aliphatic carbocycles. The van der Waals surface area contributed by atoms with Gasteiger partial charge in [-0.25, -0.2) is 4.79 Å². The molecule has 3 N–H and O–H groups in total. The van der Waals surface area contributed by atoms with Crippen LogP contribution in [0.1, 0.15) is 24.4 Å². The van der Waals surface area contributed by atoms with Crippen LogP contribution in [0.4, 0.5) is 0 Å². The van der Waals surface area contributed by atoms with E-state index in [1.54, 1.807) is 0 Å². The Labute approximate surface area is 93.1 Å². The Morgan fingerprint density at radius 2 is 2.25 bits per heavy atom. The Balaban J connectivity index is 2.29. The van der Waals surface area contributed by atoms with Gasteiger partial charge in [0.05, 0.1) is 11.0 Å². The molecule has 0 unspecified atom stereocenters. The largest absolute Gasteiger partial charge is 0.330 e. The number of nitrogens with two attached hydrogens (primary N) is 1. The van der Waals surface area contributed by atoms with E-state index in [2.05, 4.69) is 11.1 Å². The first-order chi connectivity index (χ1) is 7.81. The summed E-state index contributed by atoms with van der Waals surface area (Å²) in [5.41, 5.74) is 8.78. The molecule has 1 aromatic carbocycles. The third kappa shape index (κ3) is 1.38. The fourth-order valence-corrected chi connectivity index (χ4v) is 2.29. The van der Waals surface area contributed by atoms with Gasteiger partial charge in [-0.05, 0) is 37.4 Å². The second-order valence-corrected chi connectivity index (χ2v) is 4.38. The van der Waals surface area contributed by atoms with E-state index in [0.717, 1.165) is 30.3 Å². The average Bonchev–Trinajstić information content (AvgIpc) is 3.02. The van der Waals surface area contributed by atoms with E-state index in [1.807, 2.05) is 16.7 Å². The number of imidazole rings is 1. The molecule has 16 heavy (non-hydrogen) atoms. The lowest BCUT2D eigenvalue weighted by atomic mass is 10.1. The Morgan fingerprint density at radius 1 is 1.44 bits per heavy atom. The molecule has 4 heteroatoms. The van der Waals surface area contributed by atoms with Crippen LogP contribution in [0.15, 0.2) is 23.0 Å². The number of para-hydroxylation sites is 1. The van der Waals surface area contributed by atoms with E-state index >= 15 is 0 Å². The first-order valence-corrected chi connectivity index (χ1v) is 5.73. The molecule has 0 radical (unpaired) electrons. The highest BCUT2D eigenvalue weighted by Crippen LogP contribution is 2.36. The van der Waals surface area contributed by atoms with Gasteiger partial charge in [0.25, 0.3) is 0 Å². The molecule has 1 aromatic heterocycles. The molecule has 4 nitrogen and oxygen atoms in total. The summed E-state index contributed by atoms with van der Waals surface area (Å²) in [6, 6.07) is 6.39. The van der Waals surface area contributed by atoms with Crippen LogP contribution in [-0.2, 0) is 6.42 Å².